The normalized spacial score (nSPS) is 18.0. The molecule has 0 unspecified atom stereocenters. The van der Waals surface area contributed by atoms with E-state index in [1.165, 1.54) is 0 Å². The molecule has 2 aromatic carbocycles. The van der Waals surface area contributed by atoms with E-state index in [0.29, 0.717) is 24.5 Å². The third kappa shape index (κ3) is 6.09. The summed E-state index contributed by atoms with van der Waals surface area (Å²) >= 11 is 0. The lowest BCUT2D eigenvalue weighted by Gasteiger charge is -2.30. The molecule has 0 spiro atoms. The van der Waals surface area contributed by atoms with Gasteiger partial charge in [0.1, 0.15) is 5.82 Å². The van der Waals surface area contributed by atoms with Crippen molar-refractivity contribution in [2.75, 3.05) is 30.9 Å². The van der Waals surface area contributed by atoms with Gasteiger partial charge in [-0.1, -0.05) is 60.7 Å². The maximum Gasteiger partial charge on any atom is 0.232 e. The smallest absolute Gasteiger partial charge is 0.232 e. The number of carbonyl (C=O) groups is 1. The predicted molar refractivity (Wildman–Crippen MR) is 133 cm³/mol. The molecule has 1 aliphatic carbocycles. The zero-order valence-electron chi connectivity index (χ0n) is 19.4. The van der Waals surface area contributed by atoms with Crippen LogP contribution in [0.1, 0.15) is 42.7 Å². The lowest BCUT2D eigenvalue weighted by molar-refractivity contribution is -0.121. The Morgan fingerprint density at radius 2 is 1.55 bits per heavy atom. The van der Waals surface area contributed by atoms with E-state index >= 15 is 0 Å². The highest BCUT2D eigenvalue weighted by atomic mass is 16.1. The Kier molecular flexibility index (Phi) is 7.55. The number of benzene rings is 2. The molecule has 0 radical (unpaired) electrons. The monoisotopic (exact) mass is 443 g/mol. The average molecular weight is 444 g/mol. The van der Waals surface area contributed by atoms with E-state index in [9.17, 15) is 4.79 Å². The molecule has 1 amide bonds. The molecule has 1 aromatic heterocycles. The summed E-state index contributed by atoms with van der Waals surface area (Å²) in [6, 6.07) is 22.3. The first-order valence-electron chi connectivity index (χ1n) is 11.7. The SMILES string of the molecule is CN(C)c1ccnc(NC2CCC(CNC(=O)C(c3ccccc3)c3ccccc3)CC2)n1. The molecule has 1 fully saturated rings. The van der Waals surface area contributed by atoms with Gasteiger partial charge >= 0.3 is 0 Å². The summed E-state index contributed by atoms with van der Waals surface area (Å²) in [5, 5.41) is 6.73. The van der Waals surface area contributed by atoms with Gasteiger partial charge < -0.3 is 15.5 Å². The number of anilines is 2. The summed E-state index contributed by atoms with van der Waals surface area (Å²) in [5.41, 5.74) is 2.04. The summed E-state index contributed by atoms with van der Waals surface area (Å²) in [6.07, 6.45) is 6.05. The molecule has 1 heterocycles. The minimum absolute atomic E-state index is 0.0709. The minimum Gasteiger partial charge on any atom is -0.363 e. The fraction of sp³-hybridized carbons (Fsp3) is 0.370. The first-order chi connectivity index (χ1) is 16.1. The molecule has 0 bridgehead atoms. The zero-order valence-corrected chi connectivity index (χ0v) is 19.4. The van der Waals surface area contributed by atoms with E-state index in [1.54, 1.807) is 6.20 Å². The van der Waals surface area contributed by atoms with Crippen molar-refractivity contribution in [3.63, 3.8) is 0 Å². The number of carbonyl (C=O) groups excluding carboxylic acids is 1. The molecule has 33 heavy (non-hydrogen) atoms. The molecular weight excluding hydrogens is 410 g/mol. The highest BCUT2D eigenvalue weighted by molar-refractivity contribution is 5.87. The van der Waals surface area contributed by atoms with Crippen molar-refractivity contribution in [3.8, 4) is 0 Å². The second-order valence-electron chi connectivity index (χ2n) is 8.99. The number of hydrogen-bond donors (Lipinski definition) is 2. The molecule has 4 rings (SSSR count). The maximum atomic E-state index is 13.2. The van der Waals surface area contributed by atoms with Gasteiger partial charge in [-0.25, -0.2) is 4.98 Å². The Hall–Kier alpha value is -3.41. The molecule has 6 nitrogen and oxygen atoms in total. The van der Waals surface area contributed by atoms with Crippen LogP contribution < -0.4 is 15.5 Å². The fourth-order valence-electron chi connectivity index (χ4n) is 4.49. The summed E-state index contributed by atoms with van der Waals surface area (Å²) in [7, 11) is 3.96. The van der Waals surface area contributed by atoms with E-state index in [1.807, 2.05) is 85.7 Å². The molecule has 0 atom stereocenters. The molecule has 0 saturated heterocycles. The summed E-state index contributed by atoms with van der Waals surface area (Å²) in [5.74, 6) is 1.86. The van der Waals surface area contributed by atoms with Gasteiger partial charge in [-0.2, -0.15) is 4.98 Å². The average Bonchev–Trinajstić information content (AvgIpc) is 2.85. The molecule has 1 aliphatic rings. The van der Waals surface area contributed by atoms with E-state index in [4.69, 9.17) is 0 Å². The Bertz CT molecular complexity index is 977. The number of rotatable bonds is 8. The van der Waals surface area contributed by atoms with Gasteiger partial charge in [0.25, 0.3) is 0 Å². The first kappa shape index (κ1) is 22.8. The zero-order chi connectivity index (χ0) is 23.0. The van der Waals surface area contributed by atoms with Crippen LogP contribution in [0.5, 0.6) is 0 Å². The lowest BCUT2D eigenvalue weighted by Crippen LogP contribution is -2.36. The van der Waals surface area contributed by atoms with Crippen molar-refractivity contribution in [1.29, 1.82) is 0 Å². The van der Waals surface area contributed by atoms with Crippen LogP contribution in [0.2, 0.25) is 0 Å². The van der Waals surface area contributed by atoms with Crippen molar-refractivity contribution in [2.45, 2.75) is 37.6 Å². The van der Waals surface area contributed by atoms with Crippen molar-refractivity contribution in [1.82, 2.24) is 15.3 Å². The molecule has 172 valence electrons. The Labute approximate surface area is 196 Å². The Morgan fingerprint density at radius 1 is 0.939 bits per heavy atom. The topological polar surface area (TPSA) is 70.2 Å². The summed E-state index contributed by atoms with van der Waals surface area (Å²) < 4.78 is 0. The van der Waals surface area contributed by atoms with E-state index in [-0.39, 0.29) is 11.8 Å². The third-order valence-corrected chi connectivity index (χ3v) is 6.37. The van der Waals surface area contributed by atoms with Crippen molar-refractivity contribution in [2.24, 2.45) is 5.92 Å². The quantitative estimate of drug-likeness (QED) is 0.538. The van der Waals surface area contributed by atoms with Gasteiger partial charge in [0.15, 0.2) is 0 Å². The van der Waals surface area contributed by atoms with Crippen LogP contribution in [-0.4, -0.2) is 42.6 Å². The standard InChI is InChI=1S/C27H33N5O/c1-32(2)24-17-18-28-27(31-24)30-23-15-13-20(14-16-23)19-29-26(33)25(21-9-5-3-6-10-21)22-11-7-4-8-12-22/h3-12,17-18,20,23,25H,13-16,19H2,1-2H3,(H,29,33)(H,28,30,31). The van der Waals surface area contributed by atoms with Crippen LogP contribution in [0.4, 0.5) is 11.8 Å². The van der Waals surface area contributed by atoms with Crippen molar-refractivity contribution in [3.05, 3.63) is 84.1 Å². The van der Waals surface area contributed by atoms with Crippen LogP contribution >= 0.6 is 0 Å². The van der Waals surface area contributed by atoms with Gasteiger partial charge in [-0.05, 0) is 48.8 Å². The highest BCUT2D eigenvalue weighted by Crippen LogP contribution is 2.28. The van der Waals surface area contributed by atoms with Crippen LogP contribution in [0.15, 0.2) is 72.9 Å². The molecule has 6 heteroatoms. The lowest BCUT2D eigenvalue weighted by atomic mass is 9.85. The van der Waals surface area contributed by atoms with Gasteiger partial charge in [0.05, 0.1) is 5.92 Å². The van der Waals surface area contributed by atoms with Crippen LogP contribution in [-0.2, 0) is 4.79 Å². The first-order valence-corrected chi connectivity index (χ1v) is 11.7. The fourth-order valence-corrected chi connectivity index (χ4v) is 4.49. The van der Waals surface area contributed by atoms with E-state index < -0.39 is 0 Å². The van der Waals surface area contributed by atoms with E-state index in [2.05, 4.69) is 20.6 Å². The molecule has 1 saturated carbocycles. The summed E-state index contributed by atoms with van der Waals surface area (Å²) in [4.78, 5) is 24.1. The molecule has 0 aliphatic heterocycles. The van der Waals surface area contributed by atoms with E-state index in [0.717, 1.165) is 42.6 Å². The summed E-state index contributed by atoms with van der Waals surface area (Å²) in [6.45, 7) is 0.717. The van der Waals surface area contributed by atoms with Crippen LogP contribution in [0.25, 0.3) is 0 Å². The second-order valence-corrected chi connectivity index (χ2v) is 8.99. The molecular formula is C27H33N5O. The minimum atomic E-state index is -0.286. The van der Waals surface area contributed by atoms with Crippen LogP contribution in [0.3, 0.4) is 0 Å². The second kappa shape index (κ2) is 10.9. The number of nitrogens with one attached hydrogen (secondary N) is 2. The van der Waals surface area contributed by atoms with Gasteiger partial charge in [0, 0.05) is 32.9 Å². The largest absolute Gasteiger partial charge is 0.363 e. The van der Waals surface area contributed by atoms with Gasteiger partial charge in [0.2, 0.25) is 11.9 Å². The number of hydrogen-bond acceptors (Lipinski definition) is 5. The Morgan fingerprint density at radius 3 is 2.12 bits per heavy atom. The third-order valence-electron chi connectivity index (χ3n) is 6.37. The van der Waals surface area contributed by atoms with Crippen molar-refractivity contribution < 1.29 is 4.79 Å². The molecule has 2 N–H and O–H groups in total. The number of amides is 1. The highest BCUT2D eigenvalue weighted by Gasteiger charge is 2.25. The van der Waals surface area contributed by atoms with Crippen LogP contribution in [0, 0.1) is 5.92 Å². The number of nitrogens with zero attached hydrogens (tertiary/aromatic N) is 3. The van der Waals surface area contributed by atoms with Gasteiger partial charge in [-0.15, -0.1) is 0 Å². The van der Waals surface area contributed by atoms with Crippen molar-refractivity contribution >= 4 is 17.7 Å². The predicted octanol–water partition coefficient (Wildman–Crippen LogP) is 4.46. The maximum absolute atomic E-state index is 13.2. The molecule has 3 aromatic rings. The number of aromatic nitrogens is 2. The Balaban J connectivity index is 1.30. The van der Waals surface area contributed by atoms with Gasteiger partial charge in [-0.3, -0.25) is 4.79 Å².